The van der Waals surface area contributed by atoms with E-state index in [0.717, 1.165) is 18.2 Å². The zero-order valence-electron chi connectivity index (χ0n) is 7.15. The second-order valence-electron chi connectivity index (χ2n) is 2.75. The molecule has 0 saturated heterocycles. The Morgan fingerprint density at radius 2 is 1.93 bits per heavy atom. The van der Waals surface area contributed by atoms with Crippen molar-refractivity contribution in [3.63, 3.8) is 0 Å². The van der Waals surface area contributed by atoms with E-state index >= 15 is 0 Å². The van der Waals surface area contributed by atoms with Gasteiger partial charge in [0.15, 0.2) is 5.78 Å². The standard InChI is InChI=1S/C9H6ClF3O/c1-5(14)6-2-3-7(8(10)4-6)9(11,12)13/h2-4H,1H3. The van der Waals surface area contributed by atoms with Gasteiger partial charge in [-0.1, -0.05) is 17.7 Å². The van der Waals surface area contributed by atoms with Crippen LogP contribution in [0.2, 0.25) is 5.02 Å². The summed E-state index contributed by atoms with van der Waals surface area (Å²) in [6.07, 6.45) is -4.48. The zero-order valence-corrected chi connectivity index (χ0v) is 7.91. The lowest BCUT2D eigenvalue weighted by Crippen LogP contribution is -2.06. The molecule has 1 nitrogen and oxygen atoms in total. The Morgan fingerprint density at radius 1 is 1.36 bits per heavy atom. The van der Waals surface area contributed by atoms with Crippen molar-refractivity contribution in [1.82, 2.24) is 0 Å². The summed E-state index contributed by atoms with van der Waals surface area (Å²) in [5.41, 5.74) is -0.757. The Bertz CT molecular complexity index is 371. The number of halogens is 4. The molecule has 0 spiro atoms. The number of alkyl halides is 3. The predicted octanol–water partition coefficient (Wildman–Crippen LogP) is 3.56. The van der Waals surface area contributed by atoms with Crippen LogP contribution >= 0.6 is 11.6 Å². The van der Waals surface area contributed by atoms with E-state index in [2.05, 4.69) is 0 Å². The molecule has 1 aromatic carbocycles. The summed E-state index contributed by atoms with van der Waals surface area (Å²) < 4.78 is 36.6. The lowest BCUT2D eigenvalue weighted by atomic mass is 10.1. The fourth-order valence-electron chi connectivity index (χ4n) is 0.964. The van der Waals surface area contributed by atoms with Crippen molar-refractivity contribution >= 4 is 17.4 Å². The number of carbonyl (C=O) groups is 1. The van der Waals surface area contributed by atoms with Gasteiger partial charge in [-0.25, -0.2) is 0 Å². The molecule has 0 fully saturated rings. The quantitative estimate of drug-likeness (QED) is 0.664. The second kappa shape index (κ2) is 3.61. The number of carbonyl (C=O) groups excluding carboxylic acids is 1. The molecule has 0 amide bonds. The van der Waals surface area contributed by atoms with Crippen molar-refractivity contribution in [2.24, 2.45) is 0 Å². The lowest BCUT2D eigenvalue weighted by Gasteiger charge is -2.08. The number of hydrogen-bond donors (Lipinski definition) is 0. The van der Waals surface area contributed by atoms with Gasteiger partial charge in [-0.05, 0) is 19.1 Å². The zero-order chi connectivity index (χ0) is 10.9. The summed E-state index contributed by atoms with van der Waals surface area (Å²) in [6, 6.07) is 2.93. The van der Waals surface area contributed by atoms with Crippen molar-refractivity contribution in [2.75, 3.05) is 0 Å². The minimum atomic E-state index is -4.48. The lowest BCUT2D eigenvalue weighted by molar-refractivity contribution is -0.137. The minimum absolute atomic E-state index is 0.169. The van der Waals surface area contributed by atoms with Crippen molar-refractivity contribution in [1.29, 1.82) is 0 Å². The topological polar surface area (TPSA) is 17.1 Å². The molecule has 0 bridgehead atoms. The van der Waals surface area contributed by atoms with E-state index in [9.17, 15) is 18.0 Å². The van der Waals surface area contributed by atoms with Gasteiger partial charge in [-0.3, -0.25) is 4.79 Å². The molecule has 0 atom stereocenters. The van der Waals surface area contributed by atoms with Gasteiger partial charge in [0.1, 0.15) is 0 Å². The van der Waals surface area contributed by atoms with Crippen molar-refractivity contribution < 1.29 is 18.0 Å². The molecule has 1 rings (SSSR count). The van der Waals surface area contributed by atoms with E-state index in [0.29, 0.717) is 0 Å². The van der Waals surface area contributed by atoms with Crippen molar-refractivity contribution in [2.45, 2.75) is 13.1 Å². The van der Waals surface area contributed by atoms with Crippen LogP contribution in [0.4, 0.5) is 13.2 Å². The van der Waals surface area contributed by atoms with E-state index < -0.39 is 16.8 Å². The van der Waals surface area contributed by atoms with Crippen molar-refractivity contribution in [3.05, 3.63) is 34.3 Å². The highest BCUT2D eigenvalue weighted by molar-refractivity contribution is 6.31. The van der Waals surface area contributed by atoms with Crippen LogP contribution in [-0.2, 0) is 6.18 Å². The fraction of sp³-hybridized carbons (Fsp3) is 0.222. The number of ketones is 1. The highest BCUT2D eigenvalue weighted by Crippen LogP contribution is 2.34. The highest BCUT2D eigenvalue weighted by Gasteiger charge is 2.33. The molecule has 0 aliphatic rings. The third kappa shape index (κ3) is 2.26. The van der Waals surface area contributed by atoms with E-state index in [1.54, 1.807) is 0 Å². The molecule has 1 aromatic rings. The summed E-state index contributed by atoms with van der Waals surface area (Å²) in [6.45, 7) is 1.26. The third-order valence-corrected chi connectivity index (χ3v) is 1.99. The highest BCUT2D eigenvalue weighted by atomic mass is 35.5. The van der Waals surface area contributed by atoms with Crippen LogP contribution in [0.25, 0.3) is 0 Å². The molecule has 5 heteroatoms. The molecule has 0 N–H and O–H groups in total. The maximum atomic E-state index is 12.2. The first-order valence-corrected chi connectivity index (χ1v) is 4.08. The van der Waals surface area contributed by atoms with Gasteiger partial charge in [0.2, 0.25) is 0 Å². The van der Waals surface area contributed by atoms with E-state index in [-0.39, 0.29) is 11.3 Å². The Morgan fingerprint density at radius 3 is 2.29 bits per heavy atom. The number of rotatable bonds is 1. The first-order valence-electron chi connectivity index (χ1n) is 3.70. The van der Waals surface area contributed by atoms with E-state index in [1.807, 2.05) is 0 Å². The van der Waals surface area contributed by atoms with E-state index in [4.69, 9.17) is 11.6 Å². The molecule has 0 heterocycles. The van der Waals surface area contributed by atoms with Crippen LogP contribution in [0.1, 0.15) is 22.8 Å². The van der Waals surface area contributed by atoms with Gasteiger partial charge in [-0.2, -0.15) is 13.2 Å². The van der Waals surface area contributed by atoms with Crippen LogP contribution < -0.4 is 0 Å². The number of benzene rings is 1. The monoisotopic (exact) mass is 222 g/mol. The van der Waals surface area contributed by atoms with Crippen LogP contribution in [0.5, 0.6) is 0 Å². The van der Waals surface area contributed by atoms with Gasteiger partial charge in [0.05, 0.1) is 10.6 Å². The molecule has 0 aromatic heterocycles. The smallest absolute Gasteiger partial charge is 0.295 e. The SMILES string of the molecule is CC(=O)c1ccc(C(F)(F)F)c(Cl)c1. The van der Waals surface area contributed by atoms with Gasteiger partial charge >= 0.3 is 6.18 Å². The molecule has 14 heavy (non-hydrogen) atoms. The molecular weight excluding hydrogens is 217 g/mol. The maximum Gasteiger partial charge on any atom is 0.417 e. The predicted molar refractivity (Wildman–Crippen MR) is 46.5 cm³/mol. The summed E-state index contributed by atoms with van der Waals surface area (Å²) in [5.74, 6) is -0.319. The maximum absolute atomic E-state index is 12.2. The number of Topliss-reactive ketones (excluding diaryl/α,β-unsaturated/α-hetero) is 1. The van der Waals surface area contributed by atoms with Crippen LogP contribution in [0.15, 0.2) is 18.2 Å². The summed E-state index contributed by atoms with van der Waals surface area (Å²) in [5, 5.41) is -0.454. The summed E-state index contributed by atoms with van der Waals surface area (Å²) >= 11 is 5.39. The Kier molecular flexibility index (Phi) is 2.85. The molecule has 0 aliphatic heterocycles. The Hall–Kier alpha value is -1.03. The largest absolute Gasteiger partial charge is 0.417 e. The second-order valence-corrected chi connectivity index (χ2v) is 3.16. The average molecular weight is 223 g/mol. The average Bonchev–Trinajstić information content (AvgIpc) is 2.01. The first-order chi connectivity index (χ1) is 6.32. The summed E-state index contributed by atoms with van der Waals surface area (Å²) in [7, 11) is 0. The Balaban J connectivity index is 3.21. The van der Waals surface area contributed by atoms with Gasteiger partial charge < -0.3 is 0 Å². The normalized spacial score (nSPS) is 11.5. The molecular formula is C9H6ClF3O. The summed E-state index contributed by atoms with van der Waals surface area (Å²) in [4.78, 5) is 10.8. The molecule has 0 saturated carbocycles. The van der Waals surface area contributed by atoms with Gasteiger partial charge in [0, 0.05) is 5.56 Å². The fourth-order valence-corrected chi connectivity index (χ4v) is 1.25. The first kappa shape index (κ1) is 11.0. The van der Waals surface area contributed by atoms with Crippen LogP contribution in [-0.4, -0.2) is 5.78 Å². The van der Waals surface area contributed by atoms with Crippen LogP contribution in [0.3, 0.4) is 0 Å². The molecule has 76 valence electrons. The van der Waals surface area contributed by atoms with Crippen molar-refractivity contribution in [3.8, 4) is 0 Å². The third-order valence-electron chi connectivity index (χ3n) is 1.68. The van der Waals surface area contributed by atoms with E-state index in [1.165, 1.54) is 6.92 Å². The Labute approximate surface area is 83.5 Å². The molecule has 0 aliphatic carbocycles. The molecule has 0 radical (unpaired) electrons. The minimum Gasteiger partial charge on any atom is -0.295 e. The van der Waals surface area contributed by atoms with Gasteiger partial charge in [-0.15, -0.1) is 0 Å². The van der Waals surface area contributed by atoms with Gasteiger partial charge in [0.25, 0.3) is 0 Å². The molecule has 0 unspecified atom stereocenters. The number of hydrogen-bond acceptors (Lipinski definition) is 1. The van der Waals surface area contributed by atoms with Crippen LogP contribution in [0, 0.1) is 0 Å².